The Morgan fingerprint density at radius 1 is 1.62 bits per heavy atom. The molecule has 0 saturated heterocycles. The molecule has 1 fully saturated rings. The molecule has 1 amide bonds. The lowest BCUT2D eigenvalue weighted by Crippen LogP contribution is -2.44. The van der Waals surface area contributed by atoms with Gasteiger partial charge in [0.25, 0.3) is 0 Å². The second kappa shape index (κ2) is 4.86. The van der Waals surface area contributed by atoms with Crippen LogP contribution in [0.15, 0.2) is 0 Å². The molecule has 0 aromatic heterocycles. The van der Waals surface area contributed by atoms with Gasteiger partial charge < -0.3 is 4.90 Å². The van der Waals surface area contributed by atoms with Gasteiger partial charge in [0, 0.05) is 19.0 Å². The van der Waals surface area contributed by atoms with Gasteiger partial charge in [0.15, 0.2) is 0 Å². The van der Waals surface area contributed by atoms with Crippen LogP contribution in [-0.2, 0) is 4.79 Å². The molecule has 13 heavy (non-hydrogen) atoms. The van der Waals surface area contributed by atoms with Gasteiger partial charge in [0.05, 0.1) is 12.5 Å². The third-order valence-corrected chi connectivity index (χ3v) is 2.60. The van der Waals surface area contributed by atoms with Crippen LogP contribution in [0.25, 0.3) is 0 Å². The summed E-state index contributed by atoms with van der Waals surface area (Å²) in [6.45, 7) is 2.49. The summed E-state index contributed by atoms with van der Waals surface area (Å²) in [4.78, 5) is 13.4. The van der Waals surface area contributed by atoms with Crippen LogP contribution in [0.4, 0.5) is 0 Å². The Morgan fingerprint density at radius 3 is 2.69 bits per heavy atom. The lowest BCUT2D eigenvalue weighted by Gasteiger charge is -2.37. The van der Waals surface area contributed by atoms with E-state index in [1.165, 1.54) is 6.42 Å². The van der Waals surface area contributed by atoms with Gasteiger partial charge in [-0.2, -0.15) is 5.26 Å². The standard InChI is InChI=1S/C10H16N2O/c1-2-10(13)12(8-4-7-11)9-5-3-6-9/h9H,2-6,8H2,1H3. The summed E-state index contributed by atoms with van der Waals surface area (Å²) in [6, 6.07) is 2.52. The summed E-state index contributed by atoms with van der Waals surface area (Å²) in [5, 5.41) is 8.45. The molecule has 0 bridgehead atoms. The molecule has 0 aromatic carbocycles. The van der Waals surface area contributed by atoms with Crippen molar-refractivity contribution in [2.24, 2.45) is 0 Å². The van der Waals surface area contributed by atoms with E-state index in [4.69, 9.17) is 5.26 Å². The SMILES string of the molecule is CCC(=O)N(CCC#N)C1CCC1. The number of rotatable bonds is 4. The molecule has 3 heteroatoms. The van der Waals surface area contributed by atoms with Crippen LogP contribution in [0.5, 0.6) is 0 Å². The van der Waals surface area contributed by atoms with Gasteiger partial charge in [-0.3, -0.25) is 4.79 Å². The predicted molar refractivity (Wildman–Crippen MR) is 49.9 cm³/mol. The molecule has 0 unspecified atom stereocenters. The lowest BCUT2D eigenvalue weighted by molar-refractivity contribution is -0.134. The highest BCUT2D eigenvalue weighted by molar-refractivity contribution is 5.76. The van der Waals surface area contributed by atoms with Crippen molar-refractivity contribution in [1.82, 2.24) is 4.90 Å². The summed E-state index contributed by atoms with van der Waals surface area (Å²) >= 11 is 0. The fraction of sp³-hybridized carbons (Fsp3) is 0.800. The minimum atomic E-state index is 0.194. The van der Waals surface area contributed by atoms with Gasteiger partial charge in [-0.05, 0) is 19.3 Å². The van der Waals surface area contributed by atoms with Crippen LogP contribution in [0, 0.1) is 11.3 Å². The van der Waals surface area contributed by atoms with Crippen LogP contribution in [-0.4, -0.2) is 23.4 Å². The van der Waals surface area contributed by atoms with Crippen molar-refractivity contribution < 1.29 is 4.79 Å². The fourth-order valence-electron chi connectivity index (χ4n) is 1.58. The Hall–Kier alpha value is -1.04. The molecule has 1 aliphatic carbocycles. The van der Waals surface area contributed by atoms with Gasteiger partial charge >= 0.3 is 0 Å². The van der Waals surface area contributed by atoms with E-state index in [1.807, 2.05) is 11.8 Å². The Balaban J connectivity index is 2.43. The van der Waals surface area contributed by atoms with E-state index in [-0.39, 0.29) is 5.91 Å². The van der Waals surface area contributed by atoms with Gasteiger partial charge in [0.2, 0.25) is 5.91 Å². The summed E-state index contributed by atoms with van der Waals surface area (Å²) in [5.74, 6) is 0.194. The second-order valence-electron chi connectivity index (χ2n) is 3.43. The van der Waals surface area contributed by atoms with Crippen molar-refractivity contribution in [3.63, 3.8) is 0 Å². The number of hydrogen-bond acceptors (Lipinski definition) is 2. The van der Waals surface area contributed by atoms with Crippen molar-refractivity contribution in [2.45, 2.75) is 45.1 Å². The van der Waals surface area contributed by atoms with E-state index in [0.29, 0.717) is 25.4 Å². The number of hydrogen-bond donors (Lipinski definition) is 0. The van der Waals surface area contributed by atoms with Crippen LogP contribution < -0.4 is 0 Å². The smallest absolute Gasteiger partial charge is 0.222 e. The van der Waals surface area contributed by atoms with Crippen molar-refractivity contribution in [3.8, 4) is 6.07 Å². The number of carbonyl (C=O) groups excluding carboxylic acids is 1. The molecular weight excluding hydrogens is 164 g/mol. The maximum atomic E-state index is 11.5. The molecule has 1 rings (SSSR count). The minimum Gasteiger partial charge on any atom is -0.339 e. The van der Waals surface area contributed by atoms with Gasteiger partial charge in [-0.15, -0.1) is 0 Å². The minimum absolute atomic E-state index is 0.194. The molecule has 72 valence electrons. The largest absolute Gasteiger partial charge is 0.339 e. The van der Waals surface area contributed by atoms with E-state index < -0.39 is 0 Å². The number of nitriles is 1. The Labute approximate surface area is 79.3 Å². The monoisotopic (exact) mass is 180 g/mol. The zero-order chi connectivity index (χ0) is 9.68. The quantitative estimate of drug-likeness (QED) is 0.660. The first-order valence-corrected chi connectivity index (χ1v) is 4.96. The third kappa shape index (κ3) is 2.45. The Kier molecular flexibility index (Phi) is 3.75. The zero-order valence-electron chi connectivity index (χ0n) is 8.12. The van der Waals surface area contributed by atoms with Crippen LogP contribution >= 0.6 is 0 Å². The van der Waals surface area contributed by atoms with E-state index >= 15 is 0 Å². The van der Waals surface area contributed by atoms with Crippen molar-refractivity contribution in [2.75, 3.05) is 6.54 Å². The summed E-state index contributed by atoms with van der Waals surface area (Å²) < 4.78 is 0. The number of nitrogens with zero attached hydrogens (tertiary/aromatic N) is 2. The Bertz CT molecular complexity index is 215. The molecule has 3 nitrogen and oxygen atoms in total. The molecule has 1 saturated carbocycles. The van der Waals surface area contributed by atoms with Gasteiger partial charge in [-0.1, -0.05) is 6.92 Å². The average molecular weight is 180 g/mol. The van der Waals surface area contributed by atoms with Crippen molar-refractivity contribution in [3.05, 3.63) is 0 Å². The fourth-order valence-corrected chi connectivity index (χ4v) is 1.58. The summed E-state index contributed by atoms with van der Waals surface area (Å²) in [5.41, 5.74) is 0. The van der Waals surface area contributed by atoms with Crippen LogP contribution in [0.3, 0.4) is 0 Å². The van der Waals surface area contributed by atoms with E-state index in [2.05, 4.69) is 6.07 Å². The van der Waals surface area contributed by atoms with E-state index in [0.717, 1.165) is 12.8 Å². The van der Waals surface area contributed by atoms with Crippen molar-refractivity contribution in [1.29, 1.82) is 5.26 Å². The Morgan fingerprint density at radius 2 is 2.31 bits per heavy atom. The maximum Gasteiger partial charge on any atom is 0.222 e. The molecule has 0 aromatic rings. The average Bonchev–Trinajstić information content (AvgIpc) is 2.07. The van der Waals surface area contributed by atoms with Crippen LogP contribution in [0.2, 0.25) is 0 Å². The second-order valence-corrected chi connectivity index (χ2v) is 3.43. The highest BCUT2D eigenvalue weighted by Crippen LogP contribution is 2.25. The first-order chi connectivity index (χ1) is 6.29. The topological polar surface area (TPSA) is 44.1 Å². The molecular formula is C10H16N2O. The molecule has 0 radical (unpaired) electrons. The molecule has 1 aliphatic rings. The van der Waals surface area contributed by atoms with E-state index in [9.17, 15) is 4.79 Å². The highest BCUT2D eigenvalue weighted by Gasteiger charge is 2.27. The van der Waals surface area contributed by atoms with Gasteiger partial charge in [-0.25, -0.2) is 0 Å². The normalized spacial score (nSPS) is 16.0. The molecule has 0 spiro atoms. The molecule has 0 atom stereocenters. The van der Waals surface area contributed by atoms with Gasteiger partial charge in [0.1, 0.15) is 0 Å². The summed E-state index contributed by atoms with van der Waals surface area (Å²) in [6.07, 6.45) is 4.49. The zero-order valence-corrected chi connectivity index (χ0v) is 8.12. The highest BCUT2D eigenvalue weighted by atomic mass is 16.2. The maximum absolute atomic E-state index is 11.5. The summed E-state index contributed by atoms with van der Waals surface area (Å²) in [7, 11) is 0. The molecule has 0 aliphatic heterocycles. The first-order valence-electron chi connectivity index (χ1n) is 4.96. The van der Waals surface area contributed by atoms with Crippen molar-refractivity contribution >= 4 is 5.91 Å². The van der Waals surface area contributed by atoms with Crippen LogP contribution in [0.1, 0.15) is 39.0 Å². The first kappa shape index (κ1) is 10.0. The lowest BCUT2D eigenvalue weighted by atomic mass is 9.91. The number of amides is 1. The third-order valence-electron chi connectivity index (χ3n) is 2.60. The predicted octanol–water partition coefficient (Wildman–Crippen LogP) is 1.69. The number of carbonyl (C=O) groups is 1. The molecule has 0 N–H and O–H groups in total. The molecule has 0 heterocycles. The van der Waals surface area contributed by atoms with E-state index in [1.54, 1.807) is 0 Å².